The van der Waals surface area contributed by atoms with Crippen molar-refractivity contribution in [1.82, 2.24) is 0 Å². The maximum Gasteiger partial charge on any atom is 0.159 e. The second-order valence-electron chi connectivity index (χ2n) is 6.46. The summed E-state index contributed by atoms with van der Waals surface area (Å²) in [5.41, 5.74) is 1.79. The molecular formula is C21H28NO4+. The topological polar surface area (TPSA) is 60.2 Å². The summed E-state index contributed by atoms with van der Waals surface area (Å²) in [6.45, 7) is 5.72. The second-order valence-corrected chi connectivity index (χ2v) is 6.46. The molecule has 1 unspecified atom stereocenters. The summed E-state index contributed by atoms with van der Waals surface area (Å²) in [5, 5.41) is 10.2. The number of carbonyl (C=O) groups is 1. The lowest BCUT2D eigenvalue weighted by atomic mass is 10.1. The molecule has 0 radical (unpaired) electrons. The van der Waals surface area contributed by atoms with E-state index in [0.29, 0.717) is 24.5 Å². The van der Waals surface area contributed by atoms with Gasteiger partial charge in [0.05, 0.1) is 13.7 Å². The number of benzene rings is 2. The zero-order valence-electron chi connectivity index (χ0n) is 15.7. The minimum Gasteiger partial charge on any atom is -0.494 e. The van der Waals surface area contributed by atoms with Crippen LogP contribution >= 0.6 is 0 Å². The summed E-state index contributed by atoms with van der Waals surface area (Å²) in [4.78, 5) is 12.6. The number of aliphatic hydroxyl groups is 1. The first-order valence-electron chi connectivity index (χ1n) is 8.92. The molecule has 2 rings (SSSR count). The number of Topliss-reactive ketones (excluding diaryl/α,β-unsaturated/α-hetero) is 1. The van der Waals surface area contributed by atoms with Crippen LogP contribution in [0.5, 0.6) is 11.5 Å². The predicted molar refractivity (Wildman–Crippen MR) is 101 cm³/mol. The van der Waals surface area contributed by atoms with E-state index in [4.69, 9.17) is 9.47 Å². The highest BCUT2D eigenvalue weighted by Gasteiger charge is 2.13. The molecule has 0 saturated heterocycles. The van der Waals surface area contributed by atoms with Gasteiger partial charge in [0.2, 0.25) is 0 Å². The van der Waals surface area contributed by atoms with E-state index in [9.17, 15) is 9.90 Å². The quantitative estimate of drug-likeness (QED) is 0.635. The molecule has 0 aliphatic rings. The zero-order valence-corrected chi connectivity index (χ0v) is 15.7. The lowest BCUT2D eigenvalue weighted by Gasteiger charge is -2.18. The summed E-state index contributed by atoms with van der Waals surface area (Å²) in [7, 11) is 2.04. The van der Waals surface area contributed by atoms with E-state index in [1.54, 1.807) is 24.3 Å². The third kappa shape index (κ3) is 6.50. The molecule has 2 aromatic rings. The van der Waals surface area contributed by atoms with Crippen molar-refractivity contribution in [3.8, 4) is 11.5 Å². The van der Waals surface area contributed by atoms with Gasteiger partial charge in [0.25, 0.3) is 0 Å². The summed E-state index contributed by atoms with van der Waals surface area (Å²) >= 11 is 0. The molecule has 2 atom stereocenters. The largest absolute Gasteiger partial charge is 0.494 e. The molecule has 0 aliphatic heterocycles. The molecule has 0 aromatic heterocycles. The van der Waals surface area contributed by atoms with E-state index in [2.05, 4.69) is 0 Å². The Kier molecular flexibility index (Phi) is 7.63. The molecule has 5 heteroatoms. The Bertz CT molecular complexity index is 699. The fourth-order valence-electron chi connectivity index (χ4n) is 2.75. The number of likely N-dealkylation sites (N-methyl/N-ethyl adjacent to an activating group) is 1. The predicted octanol–water partition coefficient (Wildman–Crippen LogP) is 1.74. The van der Waals surface area contributed by atoms with E-state index in [1.165, 1.54) is 17.4 Å². The fraction of sp³-hybridized carbons (Fsp3) is 0.381. The number of quaternary nitrogens is 1. The Morgan fingerprint density at radius 2 is 1.85 bits per heavy atom. The number of nitrogens with one attached hydrogen (secondary N) is 1. The summed E-state index contributed by atoms with van der Waals surface area (Å²) in [5.74, 6) is 1.46. The van der Waals surface area contributed by atoms with Crippen molar-refractivity contribution in [1.29, 1.82) is 0 Å². The normalized spacial score (nSPS) is 13.1. The molecule has 0 bridgehead atoms. The first-order valence-corrected chi connectivity index (χ1v) is 8.92. The number of rotatable bonds is 10. The van der Waals surface area contributed by atoms with Gasteiger partial charge in [-0.15, -0.1) is 0 Å². The van der Waals surface area contributed by atoms with Gasteiger partial charge in [0, 0.05) is 11.1 Å². The molecule has 0 saturated carbocycles. The van der Waals surface area contributed by atoms with Crippen molar-refractivity contribution >= 4 is 5.78 Å². The van der Waals surface area contributed by atoms with Crippen molar-refractivity contribution in [2.75, 3.05) is 26.8 Å². The van der Waals surface area contributed by atoms with Gasteiger partial charge in [-0.1, -0.05) is 12.1 Å². The highest BCUT2D eigenvalue weighted by molar-refractivity contribution is 5.94. The molecule has 0 spiro atoms. The number of hydrogen-bond donors (Lipinski definition) is 2. The monoisotopic (exact) mass is 358 g/mol. The maximum atomic E-state index is 11.4. The van der Waals surface area contributed by atoms with Crippen molar-refractivity contribution in [2.24, 2.45) is 0 Å². The molecule has 2 aromatic carbocycles. The zero-order chi connectivity index (χ0) is 18.9. The second kappa shape index (κ2) is 9.94. The number of aliphatic hydroxyl groups excluding tert-OH is 1. The summed E-state index contributed by atoms with van der Waals surface area (Å²) in [6.07, 6.45) is -0.585. The number of ketones is 1. The average molecular weight is 358 g/mol. The maximum absolute atomic E-state index is 11.4. The number of ether oxygens (including phenoxy) is 2. The van der Waals surface area contributed by atoms with Crippen molar-refractivity contribution in [3.05, 3.63) is 59.7 Å². The smallest absolute Gasteiger partial charge is 0.159 e. The van der Waals surface area contributed by atoms with Gasteiger partial charge in [-0.3, -0.25) is 4.79 Å². The van der Waals surface area contributed by atoms with Crippen molar-refractivity contribution in [2.45, 2.75) is 26.5 Å². The molecule has 0 aliphatic carbocycles. The highest BCUT2D eigenvalue weighted by atomic mass is 16.5. The van der Waals surface area contributed by atoms with E-state index >= 15 is 0 Å². The first kappa shape index (κ1) is 19.9. The Morgan fingerprint density at radius 3 is 2.50 bits per heavy atom. The third-order valence-corrected chi connectivity index (χ3v) is 4.01. The van der Waals surface area contributed by atoms with Gasteiger partial charge in [0.1, 0.15) is 37.3 Å². The van der Waals surface area contributed by atoms with Crippen molar-refractivity contribution in [3.63, 3.8) is 0 Å². The van der Waals surface area contributed by atoms with Crippen molar-refractivity contribution < 1.29 is 24.3 Å². The standard InChI is InChI=1S/C21H27NO4/c1-4-25-20-10-8-17(9-11-20)13-22(3)14-19(24)15-26-21-7-5-6-18(12-21)16(2)23/h5-12,19,24H,4,13-15H2,1-3H3/p+1/t19-/m0/s1. The number of hydrogen-bond acceptors (Lipinski definition) is 4. The van der Waals surface area contributed by atoms with E-state index in [1.807, 2.05) is 38.2 Å². The van der Waals surface area contributed by atoms with Gasteiger partial charge in [-0.25, -0.2) is 0 Å². The molecular weight excluding hydrogens is 330 g/mol. The van der Waals surface area contributed by atoms with E-state index in [0.717, 1.165) is 12.3 Å². The highest BCUT2D eigenvalue weighted by Crippen LogP contribution is 2.14. The first-order chi connectivity index (χ1) is 12.5. The molecule has 0 heterocycles. The molecule has 5 nitrogen and oxygen atoms in total. The van der Waals surface area contributed by atoms with Gasteiger partial charge >= 0.3 is 0 Å². The molecule has 2 N–H and O–H groups in total. The lowest BCUT2D eigenvalue weighted by Crippen LogP contribution is -3.09. The minimum absolute atomic E-state index is 0.00414. The molecule has 26 heavy (non-hydrogen) atoms. The Labute approximate surface area is 155 Å². The van der Waals surface area contributed by atoms with Gasteiger partial charge in [-0.2, -0.15) is 0 Å². The number of carbonyl (C=O) groups excluding carboxylic acids is 1. The van der Waals surface area contributed by atoms with E-state index < -0.39 is 6.10 Å². The van der Waals surface area contributed by atoms with Crippen LogP contribution in [0.2, 0.25) is 0 Å². The Morgan fingerprint density at radius 1 is 1.12 bits per heavy atom. The van der Waals surface area contributed by atoms with E-state index in [-0.39, 0.29) is 12.4 Å². The van der Waals surface area contributed by atoms with Crippen LogP contribution in [-0.4, -0.2) is 43.8 Å². The summed E-state index contributed by atoms with van der Waals surface area (Å²) < 4.78 is 11.1. The van der Waals surface area contributed by atoms with Crippen LogP contribution in [0.3, 0.4) is 0 Å². The SMILES string of the molecule is CCOc1ccc(C[NH+](C)C[C@H](O)COc2cccc(C(C)=O)c2)cc1. The van der Waals surface area contributed by atoms with Crippen LogP contribution in [0, 0.1) is 0 Å². The van der Waals surface area contributed by atoms with Crippen LogP contribution in [0.15, 0.2) is 48.5 Å². The molecule has 0 amide bonds. The van der Waals surface area contributed by atoms with Crippen LogP contribution in [0.4, 0.5) is 0 Å². The Balaban J connectivity index is 1.78. The van der Waals surface area contributed by atoms with Crippen LogP contribution in [0.25, 0.3) is 0 Å². The average Bonchev–Trinajstić information content (AvgIpc) is 2.62. The van der Waals surface area contributed by atoms with Gasteiger partial charge in [0.15, 0.2) is 5.78 Å². The van der Waals surface area contributed by atoms with Gasteiger partial charge < -0.3 is 19.5 Å². The van der Waals surface area contributed by atoms with Gasteiger partial charge in [-0.05, 0) is 50.2 Å². The minimum atomic E-state index is -0.585. The third-order valence-electron chi connectivity index (χ3n) is 4.01. The van der Waals surface area contributed by atoms with Crippen LogP contribution < -0.4 is 14.4 Å². The lowest BCUT2D eigenvalue weighted by molar-refractivity contribution is -0.897. The Hall–Kier alpha value is -2.37. The van der Waals surface area contributed by atoms with Crippen LogP contribution in [0.1, 0.15) is 29.8 Å². The fourth-order valence-corrected chi connectivity index (χ4v) is 2.75. The summed E-state index contributed by atoms with van der Waals surface area (Å²) in [6, 6.07) is 15.0. The molecule has 0 fully saturated rings. The molecule has 140 valence electrons. The van der Waals surface area contributed by atoms with Crippen LogP contribution in [-0.2, 0) is 6.54 Å².